The predicted octanol–water partition coefficient (Wildman–Crippen LogP) is 10.8. The van der Waals surface area contributed by atoms with Gasteiger partial charge in [0, 0.05) is 32.3 Å². The summed E-state index contributed by atoms with van der Waals surface area (Å²) in [6.07, 6.45) is 4.14. The van der Waals surface area contributed by atoms with Crippen molar-refractivity contribution in [3.63, 3.8) is 0 Å². The van der Waals surface area contributed by atoms with Gasteiger partial charge in [-0.3, -0.25) is 0 Å². The quantitative estimate of drug-likeness (QED) is 0.0793. The molecule has 1 unspecified atom stereocenters. The molecular weight excluding hydrogens is 849 g/mol. The molecule has 3 aliphatic heterocycles. The maximum absolute atomic E-state index is 14.2. The van der Waals surface area contributed by atoms with E-state index in [-0.39, 0.29) is 57.7 Å². The Morgan fingerprint density at radius 1 is 0.905 bits per heavy atom. The molecular formula is C50H88O10SSi2. The number of aliphatic hydroxyl groups is 1. The van der Waals surface area contributed by atoms with Crippen molar-refractivity contribution >= 4 is 26.5 Å². The molecule has 1 N–H and O–H groups in total. The Balaban J connectivity index is 1.49. The average Bonchev–Trinajstić information content (AvgIpc) is 3.92. The molecule has 4 rings (SSSR count). The van der Waals surface area contributed by atoms with E-state index in [0.29, 0.717) is 32.2 Å². The van der Waals surface area contributed by atoms with Gasteiger partial charge in [-0.25, -0.2) is 8.42 Å². The van der Waals surface area contributed by atoms with E-state index in [4.69, 9.17) is 32.5 Å². The first-order chi connectivity index (χ1) is 29.2. The molecule has 362 valence electrons. The molecule has 0 aromatic heterocycles. The van der Waals surface area contributed by atoms with Crippen molar-refractivity contribution in [3.05, 3.63) is 54.1 Å². The van der Waals surface area contributed by atoms with Crippen LogP contribution in [-0.2, 0) is 48.8 Å². The average molecular weight is 937 g/mol. The van der Waals surface area contributed by atoms with Crippen LogP contribution in [0.3, 0.4) is 0 Å². The molecule has 63 heavy (non-hydrogen) atoms. The molecule has 3 heterocycles. The summed E-state index contributed by atoms with van der Waals surface area (Å²) >= 11 is 0. The highest BCUT2D eigenvalue weighted by molar-refractivity contribution is 7.91. The van der Waals surface area contributed by atoms with E-state index in [1.165, 1.54) is 0 Å². The van der Waals surface area contributed by atoms with Crippen LogP contribution in [0.15, 0.2) is 53.5 Å². The minimum atomic E-state index is -3.74. The van der Waals surface area contributed by atoms with Crippen LogP contribution in [0.4, 0.5) is 0 Å². The molecule has 0 aliphatic carbocycles. The van der Waals surface area contributed by atoms with Crippen LogP contribution in [0.5, 0.6) is 0 Å². The van der Waals surface area contributed by atoms with E-state index >= 15 is 0 Å². The molecule has 3 aliphatic rings. The molecule has 0 radical (unpaired) electrons. The zero-order chi connectivity index (χ0) is 47.1. The first-order valence-electron chi connectivity index (χ1n) is 23.9. The number of rotatable bonds is 24. The molecule has 1 aromatic carbocycles. The lowest BCUT2D eigenvalue weighted by molar-refractivity contribution is -0.0587. The first kappa shape index (κ1) is 54.4. The van der Waals surface area contributed by atoms with Gasteiger partial charge in [-0.1, -0.05) is 87.6 Å². The van der Waals surface area contributed by atoms with E-state index in [1.807, 2.05) is 12.1 Å². The highest BCUT2D eigenvalue weighted by atomic mass is 32.2. The van der Waals surface area contributed by atoms with Crippen molar-refractivity contribution in [2.75, 3.05) is 32.7 Å². The van der Waals surface area contributed by atoms with Gasteiger partial charge in [-0.05, 0) is 115 Å². The van der Waals surface area contributed by atoms with Gasteiger partial charge in [-0.2, -0.15) is 0 Å². The fourth-order valence-electron chi connectivity index (χ4n) is 8.79. The summed E-state index contributed by atoms with van der Waals surface area (Å²) in [4.78, 5) is 0.279. The predicted molar refractivity (Wildman–Crippen MR) is 260 cm³/mol. The third kappa shape index (κ3) is 15.1. The summed E-state index contributed by atoms with van der Waals surface area (Å²) in [5, 5.41) is 11.9. The summed E-state index contributed by atoms with van der Waals surface area (Å²) in [5.74, 6) is -0.307. The van der Waals surface area contributed by atoms with Gasteiger partial charge in [0.1, 0.15) is 0 Å². The fourth-order valence-corrected chi connectivity index (χ4v) is 12.8. The Morgan fingerprint density at radius 3 is 2.10 bits per heavy atom. The molecule has 0 amide bonds. The van der Waals surface area contributed by atoms with Crippen LogP contribution < -0.4 is 0 Å². The van der Waals surface area contributed by atoms with Crippen LogP contribution in [-0.4, -0.2) is 112 Å². The lowest BCUT2D eigenvalue weighted by atomic mass is 9.84. The standard InChI is InChI=1S/C50H88O10SSi2/c1-17-38-19-22-41(23-20-38)61(52,53)33-42-45(59-46(48(42)54-12)30-40(60-63(15,16)50(9,10)11)32-57-62(13,14)49(6,7)8)31-43(51)37(5)35(3)28-34(2)18-24-44-36(4)29-39(58-44)21-25-47-55-26-27-56-47/h19-20,22-23,34-35,39-40,42-48,51H,4-5,17-18,21,24-33H2,1-3,6-16H3/t34-,35+,39-,40?,42-,43+,44-,45-,46+,48+/m0/s1. The summed E-state index contributed by atoms with van der Waals surface area (Å²) in [6.45, 7) is 39.3. The zero-order valence-electron chi connectivity index (χ0n) is 41.8. The van der Waals surface area contributed by atoms with Gasteiger partial charge < -0.3 is 37.6 Å². The number of hydrogen-bond donors (Lipinski definition) is 1. The Kier molecular flexibility index (Phi) is 19.6. The summed E-state index contributed by atoms with van der Waals surface area (Å²) in [5.41, 5.74) is 2.97. The molecule has 0 saturated carbocycles. The molecule has 13 heteroatoms. The van der Waals surface area contributed by atoms with Gasteiger partial charge in [0.2, 0.25) is 0 Å². The number of hydrogen-bond acceptors (Lipinski definition) is 10. The van der Waals surface area contributed by atoms with Crippen LogP contribution in [0.2, 0.25) is 36.3 Å². The molecule has 0 spiro atoms. The molecule has 1 aromatic rings. The first-order valence-corrected chi connectivity index (χ1v) is 31.4. The Morgan fingerprint density at radius 2 is 1.52 bits per heavy atom. The molecule has 10 nitrogen and oxygen atoms in total. The number of ether oxygens (including phenoxy) is 5. The largest absolute Gasteiger partial charge is 0.414 e. The molecule has 3 saturated heterocycles. The van der Waals surface area contributed by atoms with Gasteiger partial charge in [0.15, 0.2) is 32.8 Å². The fraction of sp³-hybridized carbons (Fsp3) is 0.800. The maximum Gasteiger partial charge on any atom is 0.192 e. The minimum Gasteiger partial charge on any atom is -0.414 e. The second-order valence-corrected chi connectivity index (χ2v) is 33.8. The third-order valence-corrected chi connectivity index (χ3v) is 26.0. The van der Waals surface area contributed by atoms with Crippen LogP contribution in [0, 0.1) is 17.8 Å². The number of benzene rings is 1. The lowest BCUT2D eigenvalue weighted by Crippen LogP contribution is -2.49. The van der Waals surface area contributed by atoms with Gasteiger partial charge in [-0.15, -0.1) is 0 Å². The second-order valence-electron chi connectivity index (χ2n) is 22.2. The molecule has 0 bridgehead atoms. The number of aliphatic hydroxyl groups excluding tert-OH is 1. The Bertz CT molecular complexity index is 1710. The second kappa shape index (κ2) is 22.7. The topological polar surface area (TPSA) is 119 Å². The lowest BCUT2D eigenvalue weighted by Gasteiger charge is -2.42. The van der Waals surface area contributed by atoms with Crippen molar-refractivity contribution in [2.24, 2.45) is 17.8 Å². The maximum atomic E-state index is 14.2. The van der Waals surface area contributed by atoms with E-state index in [2.05, 4.69) is 102 Å². The van der Waals surface area contributed by atoms with Crippen molar-refractivity contribution in [2.45, 2.75) is 210 Å². The summed E-state index contributed by atoms with van der Waals surface area (Å²) in [6, 6.07) is 7.16. The van der Waals surface area contributed by atoms with Crippen molar-refractivity contribution in [1.29, 1.82) is 0 Å². The van der Waals surface area contributed by atoms with Gasteiger partial charge in [0.05, 0.1) is 73.2 Å². The highest BCUT2D eigenvalue weighted by Gasteiger charge is 2.50. The highest BCUT2D eigenvalue weighted by Crippen LogP contribution is 2.43. The molecule has 10 atom stereocenters. The molecule has 3 fully saturated rings. The third-order valence-electron chi connectivity index (χ3n) is 15.1. The van der Waals surface area contributed by atoms with Crippen molar-refractivity contribution in [1.82, 2.24) is 0 Å². The van der Waals surface area contributed by atoms with Crippen LogP contribution in [0.25, 0.3) is 0 Å². The Hall–Kier alpha value is -1.24. The van der Waals surface area contributed by atoms with E-state index in [9.17, 15) is 13.5 Å². The minimum absolute atomic E-state index is 0.0186. The van der Waals surface area contributed by atoms with E-state index in [0.717, 1.165) is 61.7 Å². The number of sulfone groups is 1. The van der Waals surface area contributed by atoms with E-state index in [1.54, 1.807) is 19.2 Å². The smallest absolute Gasteiger partial charge is 0.192 e. The summed E-state index contributed by atoms with van der Waals surface area (Å²) in [7, 11) is -6.50. The normalized spacial score (nSPS) is 26.3. The monoisotopic (exact) mass is 937 g/mol. The Labute approximate surface area is 385 Å². The van der Waals surface area contributed by atoms with Gasteiger partial charge in [0.25, 0.3) is 0 Å². The van der Waals surface area contributed by atoms with Crippen molar-refractivity contribution < 1.29 is 46.1 Å². The number of methoxy groups -OCH3 is 1. The van der Waals surface area contributed by atoms with E-state index < -0.39 is 56.8 Å². The zero-order valence-corrected chi connectivity index (χ0v) is 44.6. The van der Waals surface area contributed by atoms with Gasteiger partial charge >= 0.3 is 0 Å². The van der Waals surface area contributed by atoms with Crippen LogP contribution >= 0.6 is 0 Å². The summed E-state index contributed by atoms with van der Waals surface area (Å²) < 4.78 is 73.2. The SMILES string of the molecule is C=C([C@H](C)C[C@@H](C)CC[C@@H]1O[C@@H](CCC2OCCO2)CC1=C)[C@H](O)C[C@@H]1O[C@H](CC(CO[Si](C)(C)C(C)(C)C)O[Si](C)(C)C(C)(C)C)[C@H](OC)[C@H]1CS(=O)(=O)c1ccc(CC)cc1. The van der Waals surface area contributed by atoms with Crippen molar-refractivity contribution in [3.8, 4) is 0 Å². The number of aryl methyl sites for hydroxylation is 1. The van der Waals surface area contributed by atoms with Crippen LogP contribution in [0.1, 0.15) is 119 Å².